The Kier molecular flexibility index (Phi) is 8.20. The largest absolute Gasteiger partial charge is 0.444 e. The Hall–Kier alpha value is -3.16. The van der Waals surface area contributed by atoms with Gasteiger partial charge < -0.3 is 15.0 Å². The third-order valence-electron chi connectivity index (χ3n) is 5.63. The number of rotatable bonds is 6. The summed E-state index contributed by atoms with van der Waals surface area (Å²) in [6.45, 7) is 5.99. The number of carbonyl (C=O) groups is 2. The van der Waals surface area contributed by atoms with Gasteiger partial charge in [-0.25, -0.2) is 21.6 Å². The molecule has 1 saturated heterocycles. The number of anilines is 2. The van der Waals surface area contributed by atoms with Crippen molar-refractivity contribution in [1.82, 2.24) is 9.21 Å². The Bertz CT molecular complexity index is 1360. The summed E-state index contributed by atoms with van der Waals surface area (Å²) in [5.41, 5.74) is 0.0705. The zero-order valence-electron chi connectivity index (χ0n) is 21.5. The highest BCUT2D eigenvalue weighted by atomic mass is 32.2. The van der Waals surface area contributed by atoms with Crippen LogP contribution in [0.25, 0.3) is 0 Å². The van der Waals surface area contributed by atoms with Gasteiger partial charge in [-0.05, 0) is 57.2 Å². The molecule has 0 atom stereocenters. The van der Waals surface area contributed by atoms with Crippen LogP contribution < -0.4 is 9.62 Å². The summed E-state index contributed by atoms with van der Waals surface area (Å²) in [6, 6.07) is 12.0. The summed E-state index contributed by atoms with van der Waals surface area (Å²) in [4.78, 5) is 26.6. The smallest absolute Gasteiger partial charge is 0.410 e. The molecule has 3 rings (SSSR count). The fourth-order valence-electron chi connectivity index (χ4n) is 3.61. The molecule has 0 unspecified atom stereocenters. The molecule has 0 bridgehead atoms. The van der Waals surface area contributed by atoms with E-state index >= 15 is 0 Å². The summed E-state index contributed by atoms with van der Waals surface area (Å²) >= 11 is 0. The molecule has 2 aromatic carbocycles. The van der Waals surface area contributed by atoms with Gasteiger partial charge >= 0.3 is 6.09 Å². The second-order valence-electron chi connectivity index (χ2n) is 9.60. The lowest BCUT2D eigenvalue weighted by molar-refractivity contribution is 0.0192. The van der Waals surface area contributed by atoms with Crippen molar-refractivity contribution < 1.29 is 31.2 Å². The number of carbonyl (C=O) groups excluding carboxylic acids is 2. The van der Waals surface area contributed by atoms with E-state index in [1.165, 1.54) is 52.7 Å². The number of amides is 2. The van der Waals surface area contributed by atoms with E-state index in [4.69, 9.17) is 4.74 Å². The molecule has 202 valence electrons. The van der Waals surface area contributed by atoms with Crippen LogP contribution in [0.5, 0.6) is 0 Å². The van der Waals surface area contributed by atoms with Crippen molar-refractivity contribution >= 4 is 43.4 Å². The lowest BCUT2D eigenvalue weighted by Gasteiger charge is -2.35. The van der Waals surface area contributed by atoms with Crippen LogP contribution in [0.15, 0.2) is 53.4 Å². The molecule has 1 aliphatic rings. The van der Waals surface area contributed by atoms with E-state index in [-0.39, 0.29) is 42.3 Å². The van der Waals surface area contributed by atoms with Crippen molar-refractivity contribution in [3.8, 4) is 0 Å². The molecule has 2 aromatic rings. The Balaban J connectivity index is 1.68. The molecule has 0 aromatic heterocycles. The first-order valence-corrected chi connectivity index (χ1v) is 14.8. The van der Waals surface area contributed by atoms with Crippen LogP contribution >= 0.6 is 0 Å². The van der Waals surface area contributed by atoms with Crippen LogP contribution in [-0.4, -0.2) is 83.1 Å². The van der Waals surface area contributed by atoms with E-state index in [9.17, 15) is 26.4 Å². The first-order valence-electron chi connectivity index (χ1n) is 11.5. The summed E-state index contributed by atoms with van der Waals surface area (Å²) in [7, 11) is -6.03. The van der Waals surface area contributed by atoms with Crippen molar-refractivity contribution in [2.75, 3.05) is 49.1 Å². The SMILES string of the molecule is CN(c1ccccc1C(=O)Nc1ccc(S(=O)(=O)N2CCN(C(=O)OC(C)(C)C)CC2)cc1)S(C)(=O)=O. The first kappa shape index (κ1) is 28.4. The van der Waals surface area contributed by atoms with E-state index < -0.39 is 37.6 Å². The van der Waals surface area contributed by atoms with Crippen molar-refractivity contribution in [2.24, 2.45) is 0 Å². The minimum atomic E-state index is -3.81. The van der Waals surface area contributed by atoms with E-state index in [2.05, 4.69) is 5.32 Å². The minimum Gasteiger partial charge on any atom is -0.444 e. The topological polar surface area (TPSA) is 133 Å². The fraction of sp³-hybridized carbons (Fsp3) is 0.417. The Morgan fingerprint density at radius 2 is 1.49 bits per heavy atom. The second-order valence-corrected chi connectivity index (χ2v) is 13.5. The lowest BCUT2D eigenvalue weighted by Crippen LogP contribution is -2.51. The van der Waals surface area contributed by atoms with Crippen LogP contribution in [0, 0.1) is 0 Å². The Morgan fingerprint density at radius 1 is 0.919 bits per heavy atom. The molecule has 37 heavy (non-hydrogen) atoms. The van der Waals surface area contributed by atoms with Crippen LogP contribution in [-0.2, 0) is 24.8 Å². The standard InChI is InChI=1S/C24H32N4O7S2/c1-24(2,3)35-23(30)27-14-16-28(17-15-27)37(33,34)19-12-10-18(11-13-19)25-22(29)20-8-6-7-9-21(20)26(4)36(5,31)32/h6-13H,14-17H2,1-5H3,(H,25,29). The van der Waals surface area contributed by atoms with E-state index in [0.717, 1.165) is 10.6 Å². The summed E-state index contributed by atoms with van der Waals surface area (Å²) in [5, 5.41) is 2.67. The number of para-hydroxylation sites is 1. The lowest BCUT2D eigenvalue weighted by atomic mass is 10.1. The van der Waals surface area contributed by atoms with Crippen LogP contribution in [0.3, 0.4) is 0 Å². The number of hydrogen-bond acceptors (Lipinski definition) is 7. The number of nitrogens with zero attached hydrogens (tertiary/aromatic N) is 3. The van der Waals surface area contributed by atoms with E-state index in [1.54, 1.807) is 32.9 Å². The van der Waals surface area contributed by atoms with Gasteiger partial charge in [0.15, 0.2) is 0 Å². The number of sulfonamides is 2. The highest BCUT2D eigenvalue weighted by molar-refractivity contribution is 7.92. The first-order chi connectivity index (χ1) is 17.1. The maximum Gasteiger partial charge on any atom is 0.410 e. The minimum absolute atomic E-state index is 0.0495. The maximum absolute atomic E-state index is 13.1. The monoisotopic (exact) mass is 552 g/mol. The molecule has 0 aliphatic carbocycles. The van der Waals surface area contributed by atoms with Crippen molar-refractivity contribution in [3.05, 3.63) is 54.1 Å². The predicted molar refractivity (Wildman–Crippen MR) is 141 cm³/mol. The molecule has 11 nitrogen and oxygen atoms in total. The molecule has 1 aliphatic heterocycles. The maximum atomic E-state index is 13.1. The molecule has 1 heterocycles. The van der Waals surface area contributed by atoms with Gasteiger partial charge in [-0.2, -0.15) is 4.31 Å². The van der Waals surface area contributed by atoms with E-state index in [0.29, 0.717) is 5.69 Å². The molecule has 1 fully saturated rings. The van der Waals surface area contributed by atoms with Crippen molar-refractivity contribution in [2.45, 2.75) is 31.3 Å². The molecule has 0 spiro atoms. The highest BCUT2D eigenvalue weighted by Crippen LogP contribution is 2.24. The van der Waals surface area contributed by atoms with Crippen LogP contribution in [0.2, 0.25) is 0 Å². The molecule has 1 N–H and O–H groups in total. The second kappa shape index (κ2) is 10.7. The predicted octanol–water partition coefficient (Wildman–Crippen LogP) is 2.58. The number of ether oxygens (including phenoxy) is 1. The van der Waals surface area contributed by atoms with Gasteiger partial charge in [-0.3, -0.25) is 9.10 Å². The van der Waals surface area contributed by atoms with Crippen LogP contribution in [0.1, 0.15) is 31.1 Å². The molecule has 0 radical (unpaired) electrons. The zero-order valence-corrected chi connectivity index (χ0v) is 23.1. The van der Waals surface area contributed by atoms with Gasteiger partial charge in [0.1, 0.15) is 5.60 Å². The average molecular weight is 553 g/mol. The third-order valence-corrected chi connectivity index (χ3v) is 8.73. The van der Waals surface area contributed by atoms with Gasteiger partial charge in [0, 0.05) is 38.9 Å². The third kappa shape index (κ3) is 6.99. The van der Waals surface area contributed by atoms with Gasteiger partial charge in [-0.1, -0.05) is 12.1 Å². The highest BCUT2D eigenvalue weighted by Gasteiger charge is 2.32. The van der Waals surface area contributed by atoms with E-state index in [1.807, 2.05) is 0 Å². The number of benzene rings is 2. The summed E-state index contributed by atoms with van der Waals surface area (Å²) in [5.74, 6) is -0.542. The van der Waals surface area contributed by atoms with Crippen molar-refractivity contribution in [1.29, 1.82) is 0 Å². The molecular formula is C24H32N4O7S2. The summed E-state index contributed by atoms with van der Waals surface area (Å²) in [6.07, 6.45) is 0.562. The fourth-order valence-corrected chi connectivity index (χ4v) is 5.55. The normalized spacial score (nSPS) is 15.2. The van der Waals surface area contributed by atoms with Crippen molar-refractivity contribution in [3.63, 3.8) is 0 Å². The molecule has 2 amide bonds. The summed E-state index contributed by atoms with van der Waals surface area (Å²) < 4.78 is 57.8. The molecule has 0 saturated carbocycles. The quantitative estimate of drug-likeness (QED) is 0.582. The molecule has 13 heteroatoms. The average Bonchev–Trinajstić information content (AvgIpc) is 2.82. The zero-order chi connectivity index (χ0) is 27.6. The van der Waals surface area contributed by atoms with Gasteiger partial charge in [0.2, 0.25) is 20.0 Å². The Morgan fingerprint density at radius 3 is 2.03 bits per heavy atom. The number of hydrogen-bond donors (Lipinski definition) is 1. The number of nitrogens with one attached hydrogen (secondary N) is 1. The Labute approximate surface area is 218 Å². The van der Waals surface area contributed by atoms with Crippen LogP contribution in [0.4, 0.5) is 16.2 Å². The number of piperazine rings is 1. The molecular weight excluding hydrogens is 520 g/mol. The van der Waals surface area contributed by atoms with Gasteiger partial charge in [0.25, 0.3) is 5.91 Å². The van der Waals surface area contributed by atoms with Gasteiger partial charge in [0.05, 0.1) is 22.4 Å². The van der Waals surface area contributed by atoms with Gasteiger partial charge in [-0.15, -0.1) is 0 Å².